The van der Waals surface area contributed by atoms with Gasteiger partial charge in [-0.25, -0.2) is 9.97 Å². The van der Waals surface area contributed by atoms with Crippen LogP contribution in [0.15, 0.2) is 17.8 Å². The molecule has 0 aliphatic heterocycles. The highest BCUT2D eigenvalue weighted by molar-refractivity contribution is 7.18. The van der Waals surface area contributed by atoms with E-state index >= 15 is 0 Å². The Morgan fingerprint density at radius 3 is 2.94 bits per heavy atom. The molecule has 0 bridgehead atoms. The number of nitrogens with zero attached hydrogens (tertiary/aromatic N) is 3. The van der Waals surface area contributed by atoms with Gasteiger partial charge in [0.1, 0.15) is 5.52 Å². The Morgan fingerprint density at radius 1 is 1.38 bits per heavy atom. The van der Waals surface area contributed by atoms with Gasteiger partial charge < -0.3 is 4.57 Å². The highest BCUT2D eigenvalue weighted by Crippen LogP contribution is 2.31. The minimum Gasteiger partial charge on any atom is -0.332 e. The third kappa shape index (κ3) is 1.19. The fraction of sp³-hybridized carbons (Fsp3) is 0.333. The molecule has 3 rings (SSSR count). The minimum atomic E-state index is 0.404. The van der Waals surface area contributed by atoms with Gasteiger partial charge in [-0.2, -0.15) is 0 Å². The van der Waals surface area contributed by atoms with Gasteiger partial charge in [0.15, 0.2) is 0 Å². The summed E-state index contributed by atoms with van der Waals surface area (Å²) in [7, 11) is 2.04. The largest absolute Gasteiger partial charge is 0.332 e. The van der Waals surface area contributed by atoms with Crippen LogP contribution in [0.4, 0.5) is 0 Å². The van der Waals surface area contributed by atoms with Gasteiger partial charge in [-0.3, -0.25) is 0 Å². The number of pyridine rings is 1. The molecule has 0 fully saturated rings. The molecule has 3 aromatic rings. The van der Waals surface area contributed by atoms with Gasteiger partial charge in [0.05, 0.1) is 27.8 Å². The lowest BCUT2D eigenvalue weighted by Gasteiger charge is -2.06. The summed E-state index contributed by atoms with van der Waals surface area (Å²) in [6.45, 7) is 4.32. The van der Waals surface area contributed by atoms with Crippen molar-refractivity contribution < 1.29 is 0 Å². The molecule has 0 saturated heterocycles. The summed E-state index contributed by atoms with van der Waals surface area (Å²) < 4.78 is 3.32. The summed E-state index contributed by atoms with van der Waals surface area (Å²) >= 11 is 1.73. The van der Waals surface area contributed by atoms with E-state index < -0.39 is 0 Å². The first kappa shape index (κ1) is 9.78. The number of imidazole rings is 1. The Morgan fingerprint density at radius 2 is 2.19 bits per heavy atom. The van der Waals surface area contributed by atoms with Crippen molar-refractivity contribution in [2.75, 3.05) is 0 Å². The Balaban J connectivity index is 2.57. The average molecular weight is 231 g/mol. The Bertz CT molecular complexity index is 663. The van der Waals surface area contributed by atoms with Crippen LogP contribution in [-0.4, -0.2) is 14.5 Å². The molecule has 0 N–H and O–H groups in total. The summed E-state index contributed by atoms with van der Waals surface area (Å²) in [4.78, 5) is 9.19. The lowest BCUT2D eigenvalue weighted by molar-refractivity contribution is 0.838. The summed E-state index contributed by atoms with van der Waals surface area (Å²) in [5.41, 5.74) is 4.45. The predicted octanol–water partition coefficient (Wildman–Crippen LogP) is 3.31. The monoisotopic (exact) mass is 231 g/mol. The van der Waals surface area contributed by atoms with E-state index in [1.54, 1.807) is 11.3 Å². The van der Waals surface area contributed by atoms with Gasteiger partial charge in [0.25, 0.3) is 0 Å². The Hall–Kier alpha value is -1.42. The fourth-order valence-electron chi connectivity index (χ4n) is 2.04. The highest BCUT2D eigenvalue weighted by atomic mass is 32.1. The maximum atomic E-state index is 4.71. The predicted molar refractivity (Wildman–Crippen MR) is 68.0 cm³/mol. The maximum Gasteiger partial charge on any atom is 0.112 e. The zero-order chi connectivity index (χ0) is 11.3. The van der Waals surface area contributed by atoms with E-state index in [0.29, 0.717) is 5.92 Å². The van der Waals surface area contributed by atoms with Gasteiger partial charge in [-0.15, -0.1) is 11.3 Å². The number of hydrogen-bond donors (Lipinski definition) is 0. The molecule has 3 nitrogen and oxygen atoms in total. The van der Waals surface area contributed by atoms with E-state index in [9.17, 15) is 0 Å². The van der Waals surface area contributed by atoms with Crippen LogP contribution in [0, 0.1) is 0 Å². The van der Waals surface area contributed by atoms with Crippen molar-refractivity contribution in [3.05, 3.63) is 23.5 Å². The van der Waals surface area contributed by atoms with Crippen molar-refractivity contribution in [3.63, 3.8) is 0 Å². The first-order valence-electron chi connectivity index (χ1n) is 5.36. The fourth-order valence-corrected chi connectivity index (χ4v) is 2.96. The molecule has 0 unspecified atom stereocenters. The van der Waals surface area contributed by atoms with Crippen LogP contribution >= 0.6 is 11.3 Å². The van der Waals surface area contributed by atoms with Crippen molar-refractivity contribution in [3.8, 4) is 0 Å². The van der Waals surface area contributed by atoms with Gasteiger partial charge in [-0.05, 0) is 17.4 Å². The van der Waals surface area contributed by atoms with Crippen molar-refractivity contribution in [2.45, 2.75) is 19.8 Å². The molecule has 82 valence electrons. The molecule has 16 heavy (non-hydrogen) atoms. The molecular formula is C12H13N3S. The molecule has 0 aliphatic carbocycles. The Kier molecular flexibility index (Phi) is 2.01. The quantitative estimate of drug-likeness (QED) is 0.643. The van der Waals surface area contributed by atoms with E-state index in [4.69, 9.17) is 4.98 Å². The second-order valence-electron chi connectivity index (χ2n) is 4.34. The van der Waals surface area contributed by atoms with E-state index in [0.717, 1.165) is 16.7 Å². The van der Waals surface area contributed by atoms with Crippen LogP contribution in [0.1, 0.15) is 25.5 Å². The molecule has 0 amide bonds. The van der Waals surface area contributed by atoms with Gasteiger partial charge in [0, 0.05) is 7.05 Å². The molecule has 0 atom stereocenters. The highest BCUT2D eigenvalue weighted by Gasteiger charge is 2.15. The second kappa shape index (κ2) is 3.28. The van der Waals surface area contributed by atoms with Crippen molar-refractivity contribution in [1.29, 1.82) is 0 Å². The maximum absolute atomic E-state index is 4.71. The number of rotatable bonds is 1. The first-order chi connectivity index (χ1) is 7.68. The van der Waals surface area contributed by atoms with Crippen LogP contribution in [0.2, 0.25) is 0 Å². The van der Waals surface area contributed by atoms with E-state index in [-0.39, 0.29) is 0 Å². The molecule has 0 aromatic carbocycles. The van der Waals surface area contributed by atoms with E-state index in [1.165, 1.54) is 10.2 Å². The molecule has 4 heteroatoms. The number of aromatic nitrogens is 3. The standard InChI is InChI=1S/C12H13N3S/c1-7(2)9-10-11(15(3)6-13-10)12-8(14-9)4-5-16-12/h4-7H,1-3H3. The zero-order valence-electron chi connectivity index (χ0n) is 9.56. The lowest BCUT2D eigenvalue weighted by Crippen LogP contribution is -1.95. The second-order valence-corrected chi connectivity index (χ2v) is 5.26. The van der Waals surface area contributed by atoms with Crippen LogP contribution in [0.5, 0.6) is 0 Å². The first-order valence-corrected chi connectivity index (χ1v) is 6.24. The van der Waals surface area contributed by atoms with Crippen LogP contribution in [0.25, 0.3) is 21.3 Å². The molecule has 3 aromatic heterocycles. The average Bonchev–Trinajstić information content (AvgIpc) is 2.82. The van der Waals surface area contributed by atoms with Gasteiger partial charge in [-0.1, -0.05) is 13.8 Å². The van der Waals surface area contributed by atoms with Crippen LogP contribution in [-0.2, 0) is 7.05 Å². The van der Waals surface area contributed by atoms with Gasteiger partial charge in [0.2, 0.25) is 0 Å². The molecule has 3 heterocycles. The zero-order valence-corrected chi connectivity index (χ0v) is 10.4. The topological polar surface area (TPSA) is 30.7 Å². The minimum absolute atomic E-state index is 0.404. The third-order valence-corrected chi connectivity index (χ3v) is 3.74. The van der Waals surface area contributed by atoms with Crippen LogP contribution < -0.4 is 0 Å². The van der Waals surface area contributed by atoms with Crippen molar-refractivity contribution in [1.82, 2.24) is 14.5 Å². The molecule has 0 aliphatic rings. The van der Waals surface area contributed by atoms with Crippen LogP contribution in [0.3, 0.4) is 0 Å². The summed E-state index contributed by atoms with van der Waals surface area (Å²) in [6, 6.07) is 2.08. The number of thiophene rings is 1. The van der Waals surface area contributed by atoms with Crippen molar-refractivity contribution in [2.24, 2.45) is 7.05 Å². The van der Waals surface area contributed by atoms with Gasteiger partial charge >= 0.3 is 0 Å². The molecule has 0 spiro atoms. The lowest BCUT2D eigenvalue weighted by atomic mass is 10.1. The number of hydrogen-bond acceptors (Lipinski definition) is 3. The summed E-state index contributed by atoms with van der Waals surface area (Å²) in [5, 5.41) is 2.09. The molecule has 0 saturated carbocycles. The summed E-state index contributed by atoms with van der Waals surface area (Å²) in [6.07, 6.45) is 1.87. The van der Waals surface area contributed by atoms with E-state index in [1.807, 2.05) is 13.4 Å². The number of fused-ring (bicyclic) bond motifs is 3. The Labute approximate surface area is 97.8 Å². The molecular weight excluding hydrogens is 218 g/mol. The smallest absolute Gasteiger partial charge is 0.112 e. The molecule has 0 radical (unpaired) electrons. The van der Waals surface area contributed by atoms with E-state index in [2.05, 4.69) is 34.8 Å². The summed E-state index contributed by atoms with van der Waals surface area (Å²) in [5.74, 6) is 0.404. The van der Waals surface area contributed by atoms with Crippen molar-refractivity contribution >= 4 is 32.6 Å². The third-order valence-electron chi connectivity index (χ3n) is 2.83. The SMILES string of the molecule is CC(C)c1nc2ccsc2c2c1ncn2C. The number of aryl methyl sites for hydroxylation is 1. The normalized spacial score (nSPS) is 12.0.